The smallest absolute Gasteiger partial charge is 0.136 e. The van der Waals surface area contributed by atoms with Crippen LogP contribution in [0.25, 0.3) is 61.0 Å². The maximum Gasteiger partial charge on any atom is 0.136 e. The topological polar surface area (TPSA) is 46.7 Å². The van der Waals surface area contributed by atoms with E-state index in [2.05, 4.69) is 187 Å². The predicted molar refractivity (Wildman–Crippen MR) is 244 cm³/mol. The van der Waals surface area contributed by atoms with Crippen molar-refractivity contribution in [2.75, 3.05) is 9.80 Å². The number of anilines is 4. The fourth-order valence-corrected chi connectivity index (χ4v) is 8.41. The van der Waals surface area contributed by atoms with Gasteiger partial charge in [-0.05, 0) is 58.5 Å². The van der Waals surface area contributed by atoms with Crippen molar-refractivity contribution in [3.8, 4) is 39.6 Å². The maximum absolute atomic E-state index is 6.64. The third-order valence-corrected chi connectivity index (χ3v) is 11.3. The zero-order chi connectivity index (χ0) is 40.4. The quantitative estimate of drug-likeness (QED) is 0.149. The minimum absolute atomic E-state index is 0. The number of para-hydroxylation sites is 4. The fourth-order valence-electron chi connectivity index (χ4n) is 8.41. The Bertz CT molecular complexity index is 3160. The van der Waals surface area contributed by atoms with Crippen LogP contribution in [0, 0.1) is 18.8 Å². The van der Waals surface area contributed by atoms with E-state index in [1.807, 2.05) is 42.6 Å². The molecule has 61 heavy (non-hydrogen) atoms. The summed E-state index contributed by atoms with van der Waals surface area (Å²) in [6.45, 7) is 8.81. The van der Waals surface area contributed by atoms with E-state index >= 15 is 0 Å². The van der Waals surface area contributed by atoms with Crippen LogP contribution in [0.4, 0.5) is 22.7 Å². The summed E-state index contributed by atoms with van der Waals surface area (Å²) in [5.74, 6) is 1.93. The SMILES string of the molecule is CC(C)(C)c1ccnc(-n2c3[c-]c(Oc4[c-]c(N5[CH-]N(c6c(-c7ccccc7)cccc6-c6ccccc6)c6ccccc65)ccc4)ccc3c3oc4ccccc4c32)c1.[Pt]. The number of pyridine rings is 1. The van der Waals surface area contributed by atoms with Gasteiger partial charge in [-0.3, -0.25) is 0 Å². The van der Waals surface area contributed by atoms with E-state index in [0.717, 1.165) is 83.8 Å². The van der Waals surface area contributed by atoms with E-state index < -0.39 is 0 Å². The number of hydrogen-bond donors (Lipinski definition) is 0. The Morgan fingerprint density at radius 2 is 1.25 bits per heavy atom. The van der Waals surface area contributed by atoms with Crippen LogP contribution >= 0.6 is 0 Å². The fraction of sp³-hybridized carbons (Fsp3) is 0.0741. The summed E-state index contributed by atoms with van der Waals surface area (Å²) < 4.78 is 15.3. The molecule has 4 heterocycles. The second kappa shape index (κ2) is 15.3. The van der Waals surface area contributed by atoms with Gasteiger partial charge in [0.1, 0.15) is 17.0 Å². The molecule has 11 rings (SSSR count). The van der Waals surface area contributed by atoms with Crippen molar-refractivity contribution in [3.63, 3.8) is 0 Å². The Hall–Kier alpha value is -6.88. The number of fused-ring (bicyclic) bond motifs is 6. The number of ether oxygens (including phenoxy) is 1. The minimum Gasteiger partial charge on any atom is -0.509 e. The third-order valence-electron chi connectivity index (χ3n) is 11.3. The first-order chi connectivity index (χ1) is 29.4. The van der Waals surface area contributed by atoms with Crippen molar-refractivity contribution in [1.82, 2.24) is 9.55 Å². The Kier molecular flexibility index (Phi) is 9.61. The van der Waals surface area contributed by atoms with Crippen LogP contribution in [-0.2, 0) is 26.5 Å². The molecule has 0 spiro atoms. The zero-order valence-corrected chi connectivity index (χ0v) is 36.0. The molecule has 7 heteroatoms. The first-order valence-electron chi connectivity index (χ1n) is 20.2. The van der Waals surface area contributed by atoms with Gasteiger partial charge in [0, 0.05) is 72.3 Å². The van der Waals surface area contributed by atoms with E-state index in [-0.39, 0.29) is 26.5 Å². The van der Waals surface area contributed by atoms with Crippen molar-refractivity contribution in [3.05, 3.63) is 200 Å². The van der Waals surface area contributed by atoms with Crippen molar-refractivity contribution in [2.24, 2.45) is 0 Å². The molecule has 0 amide bonds. The van der Waals surface area contributed by atoms with E-state index in [1.165, 1.54) is 5.56 Å². The molecule has 0 saturated heterocycles. The normalized spacial score (nSPS) is 12.6. The summed E-state index contributed by atoms with van der Waals surface area (Å²) >= 11 is 0. The minimum atomic E-state index is -0.0587. The molecule has 0 bridgehead atoms. The zero-order valence-electron chi connectivity index (χ0n) is 33.7. The summed E-state index contributed by atoms with van der Waals surface area (Å²) in [6, 6.07) is 65.8. The second-order valence-electron chi connectivity index (χ2n) is 16.1. The number of nitrogens with zero attached hydrogens (tertiary/aromatic N) is 4. The molecule has 3 aromatic heterocycles. The van der Waals surface area contributed by atoms with Gasteiger partial charge >= 0.3 is 0 Å². The van der Waals surface area contributed by atoms with Gasteiger partial charge in [0.15, 0.2) is 0 Å². The maximum atomic E-state index is 6.64. The third kappa shape index (κ3) is 6.68. The molecule has 0 atom stereocenters. The number of hydrogen-bond acceptors (Lipinski definition) is 5. The molecule has 6 nitrogen and oxygen atoms in total. The Morgan fingerprint density at radius 1 is 0.607 bits per heavy atom. The van der Waals surface area contributed by atoms with Crippen molar-refractivity contribution in [2.45, 2.75) is 26.2 Å². The Balaban J connectivity index is 0.00000445. The molecule has 7 aromatic carbocycles. The van der Waals surface area contributed by atoms with Crippen LogP contribution in [0.2, 0.25) is 0 Å². The molecular formula is C54H39N4O2Pt-3. The van der Waals surface area contributed by atoms with E-state index in [9.17, 15) is 0 Å². The predicted octanol–water partition coefficient (Wildman–Crippen LogP) is 14.4. The molecular weight excluding hydrogens is 932 g/mol. The van der Waals surface area contributed by atoms with Gasteiger partial charge in [-0.1, -0.05) is 135 Å². The molecule has 0 N–H and O–H groups in total. The standard InChI is InChI=1S/C54H39N4O2.Pt/c1-54(2,3)38-30-31-55-50(32-38)58-48-34-41(28-29-44(48)53-52(58)45-22-10-13-27-49(45)60-53)59-40-21-14-20-39(33-40)56-35-57(47-26-12-11-25-46(47)56)51-42(36-16-6-4-7-17-36)23-15-24-43(51)37-18-8-5-9-19-37;/h4-32,35H,1-3H3;/q-3;. The molecule has 300 valence electrons. The van der Waals surface area contributed by atoms with Crippen LogP contribution in [0.3, 0.4) is 0 Å². The second-order valence-corrected chi connectivity index (χ2v) is 16.1. The molecule has 0 radical (unpaired) electrons. The molecule has 0 saturated carbocycles. The van der Waals surface area contributed by atoms with Gasteiger partial charge in [-0.25, -0.2) is 4.98 Å². The average Bonchev–Trinajstić information content (AvgIpc) is 3.96. The van der Waals surface area contributed by atoms with E-state index in [0.29, 0.717) is 11.5 Å². The number of furan rings is 1. The molecule has 0 unspecified atom stereocenters. The van der Waals surface area contributed by atoms with Gasteiger partial charge in [-0.15, -0.1) is 42.7 Å². The molecule has 0 fully saturated rings. The molecule has 1 aliphatic heterocycles. The summed E-state index contributed by atoms with van der Waals surface area (Å²) in [5, 5.41) is 1.95. The van der Waals surface area contributed by atoms with Crippen LogP contribution in [-0.4, -0.2) is 9.55 Å². The number of aromatic nitrogens is 2. The monoisotopic (exact) mass is 970 g/mol. The first-order valence-corrected chi connectivity index (χ1v) is 20.2. The summed E-state index contributed by atoms with van der Waals surface area (Å²) in [5.41, 5.74) is 13.2. The van der Waals surface area contributed by atoms with E-state index in [4.69, 9.17) is 14.1 Å². The van der Waals surface area contributed by atoms with Crippen molar-refractivity contribution >= 4 is 55.7 Å². The van der Waals surface area contributed by atoms with Crippen LogP contribution < -0.4 is 14.5 Å². The van der Waals surface area contributed by atoms with Gasteiger partial charge in [0.05, 0.1) is 5.52 Å². The molecule has 0 aliphatic carbocycles. The van der Waals surface area contributed by atoms with Gasteiger partial charge < -0.3 is 23.5 Å². The number of rotatable bonds is 7. The van der Waals surface area contributed by atoms with Crippen LogP contribution in [0.15, 0.2) is 180 Å². The first kappa shape index (κ1) is 38.3. The Labute approximate surface area is 369 Å². The molecule has 10 aromatic rings. The number of benzene rings is 7. The van der Waals surface area contributed by atoms with Gasteiger partial charge in [0.2, 0.25) is 0 Å². The van der Waals surface area contributed by atoms with Gasteiger partial charge in [0.25, 0.3) is 0 Å². The van der Waals surface area contributed by atoms with Crippen LogP contribution in [0.5, 0.6) is 11.5 Å². The van der Waals surface area contributed by atoms with E-state index in [1.54, 1.807) is 0 Å². The van der Waals surface area contributed by atoms with Crippen molar-refractivity contribution < 1.29 is 30.2 Å². The van der Waals surface area contributed by atoms with Crippen molar-refractivity contribution in [1.29, 1.82) is 0 Å². The average molecular weight is 971 g/mol. The largest absolute Gasteiger partial charge is 0.509 e. The molecule has 1 aliphatic rings. The summed E-state index contributed by atoms with van der Waals surface area (Å²) in [7, 11) is 0. The Morgan fingerprint density at radius 3 is 1.97 bits per heavy atom. The van der Waals surface area contributed by atoms with Crippen LogP contribution in [0.1, 0.15) is 26.3 Å². The summed E-state index contributed by atoms with van der Waals surface area (Å²) in [4.78, 5) is 9.37. The summed E-state index contributed by atoms with van der Waals surface area (Å²) in [6.07, 6.45) is 1.88. The van der Waals surface area contributed by atoms with Gasteiger partial charge in [-0.2, -0.15) is 12.1 Å².